The monoisotopic (exact) mass is 489 g/mol. The van der Waals surface area contributed by atoms with Crippen LogP contribution in [0.5, 0.6) is 0 Å². The first kappa shape index (κ1) is 23.2. The Bertz CT molecular complexity index is 1510. The Balaban J connectivity index is 1.21. The van der Waals surface area contributed by atoms with Crippen LogP contribution in [0.3, 0.4) is 0 Å². The van der Waals surface area contributed by atoms with Gasteiger partial charge in [0.05, 0.1) is 5.56 Å². The summed E-state index contributed by atoms with van der Waals surface area (Å²) in [6.07, 6.45) is 14.2. The van der Waals surface area contributed by atoms with Gasteiger partial charge in [0.15, 0.2) is 0 Å². The van der Waals surface area contributed by atoms with E-state index in [9.17, 15) is 4.79 Å². The number of rotatable bonds is 3. The smallest absolute Gasteiger partial charge is 0.259 e. The molecule has 0 aliphatic carbocycles. The molecule has 0 bridgehead atoms. The number of piperidine rings is 1. The van der Waals surface area contributed by atoms with Gasteiger partial charge in [-0.05, 0) is 79.8 Å². The molecule has 3 aromatic rings. The number of amides is 1. The summed E-state index contributed by atoms with van der Waals surface area (Å²) in [4.78, 5) is 26.9. The normalized spacial score (nSPS) is 20.6. The van der Waals surface area contributed by atoms with E-state index in [0.717, 1.165) is 53.0 Å². The molecule has 4 heterocycles. The van der Waals surface area contributed by atoms with Crippen LogP contribution in [0.1, 0.15) is 40.7 Å². The third-order valence-electron chi connectivity index (χ3n) is 7.29. The molecule has 1 N–H and O–H groups in total. The van der Waals surface area contributed by atoms with Crippen molar-refractivity contribution >= 4 is 41.2 Å². The summed E-state index contributed by atoms with van der Waals surface area (Å²) in [5.41, 5.74) is 4.85. The average Bonchev–Trinajstić information content (AvgIpc) is 3.35. The first-order valence-corrected chi connectivity index (χ1v) is 13.1. The molecule has 1 aromatic heterocycles. The van der Waals surface area contributed by atoms with Gasteiger partial charge in [0, 0.05) is 48.6 Å². The number of aliphatic imine (C=N–C) groups is 1. The van der Waals surface area contributed by atoms with Crippen molar-refractivity contribution in [3.05, 3.63) is 94.0 Å². The third-order valence-corrected chi connectivity index (χ3v) is 7.29. The lowest BCUT2D eigenvalue weighted by molar-refractivity contribution is 0.0989. The third kappa shape index (κ3) is 4.92. The summed E-state index contributed by atoms with van der Waals surface area (Å²) in [5.74, 6) is 1.70. The van der Waals surface area contributed by atoms with E-state index in [1.807, 2.05) is 41.5 Å². The number of aromatic nitrogens is 1. The van der Waals surface area contributed by atoms with Crippen molar-refractivity contribution < 1.29 is 4.79 Å². The van der Waals surface area contributed by atoms with Crippen molar-refractivity contribution in [1.82, 2.24) is 4.98 Å². The van der Waals surface area contributed by atoms with Crippen LogP contribution in [-0.4, -0.2) is 36.4 Å². The molecule has 0 unspecified atom stereocenters. The summed E-state index contributed by atoms with van der Waals surface area (Å²) in [6, 6.07) is 16.5. The molecule has 0 spiro atoms. The van der Waals surface area contributed by atoms with Gasteiger partial charge in [-0.3, -0.25) is 4.79 Å². The lowest BCUT2D eigenvalue weighted by Gasteiger charge is -2.27. The molecule has 1 amide bonds. The number of anilines is 3. The molecule has 3 aliphatic heterocycles. The molecule has 1 saturated heterocycles. The molecular formula is C31H31N5O. The number of pyridine rings is 1. The van der Waals surface area contributed by atoms with Crippen LogP contribution in [0.25, 0.3) is 12.3 Å². The van der Waals surface area contributed by atoms with Crippen molar-refractivity contribution in [2.45, 2.75) is 32.6 Å². The summed E-state index contributed by atoms with van der Waals surface area (Å²) < 4.78 is 0. The number of nitrogens with one attached hydrogen (secondary N) is 1. The van der Waals surface area contributed by atoms with Gasteiger partial charge in [-0.15, -0.1) is 0 Å². The number of hydrogen-bond donors (Lipinski definition) is 1. The van der Waals surface area contributed by atoms with Crippen LogP contribution < -0.4 is 25.6 Å². The van der Waals surface area contributed by atoms with Crippen LogP contribution in [0.15, 0.2) is 71.9 Å². The molecule has 37 heavy (non-hydrogen) atoms. The van der Waals surface area contributed by atoms with Gasteiger partial charge in [0.2, 0.25) is 0 Å². The summed E-state index contributed by atoms with van der Waals surface area (Å²) in [5, 5.41) is 5.66. The van der Waals surface area contributed by atoms with E-state index >= 15 is 0 Å². The minimum atomic E-state index is -0.00769. The fourth-order valence-electron chi connectivity index (χ4n) is 5.25. The molecule has 186 valence electrons. The van der Waals surface area contributed by atoms with Gasteiger partial charge in [0.25, 0.3) is 5.91 Å². The number of aryl methyl sites for hydroxylation is 1. The first-order valence-electron chi connectivity index (χ1n) is 13.1. The molecule has 0 saturated carbocycles. The fourth-order valence-corrected chi connectivity index (χ4v) is 5.25. The van der Waals surface area contributed by atoms with E-state index < -0.39 is 0 Å². The van der Waals surface area contributed by atoms with E-state index in [1.165, 1.54) is 30.4 Å². The van der Waals surface area contributed by atoms with Crippen molar-refractivity contribution in [3.8, 4) is 0 Å². The zero-order chi connectivity index (χ0) is 25.2. The Labute approximate surface area is 217 Å². The Hall–Kier alpha value is -4.19. The molecule has 0 radical (unpaired) electrons. The summed E-state index contributed by atoms with van der Waals surface area (Å²) in [6.45, 7) is 4.84. The number of carbonyl (C=O) groups excluding carboxylic acids is 1. The van der Waals surface area contributed by atoms with Crippen LogP contribution in [0.4, 0.5) is 17.2 Å². The maximum absolute atomic E-state index is 13.4. The van der Waals surface area contributed by atoms with E-state index in [2.05, 4.69) is 63.5 Å². The Morgan fingerprint density at radius 3 is 2.68 bits per heavy atom. The second-order valence-corrected chi connectivity index (χ2v) is 9.93. The molecular weight excluding hydrogens is 458 g/mol. The van der Waals surface area contributed by atoms with Gasteiger partial charge in [0.1, 0.15) is 11.7 Å². The van der Waals surface area contributed by atoms with Gasteiger partial charge in [-0.2, -0.15) is 0 Å². The van der Waals surface area contributed by atoms with Gasteiger partial charge in [-0.1, -0.05) is 35.9 Å². The maximum Gasteiger partial charge on any atom is 0.259 e. The predicted octanol–water partition coefficient (Wildman–Crippen LogP) is 4.18. The van der Waals surface area contributed by atoms with Crippen molar-refractivity contribution in [2.24, 2.45) is 4.99 Å². The van der Waals surface area contributed by atoms with Crippen LogP contribution in [-0.2, 0) is 6.42 Å². The summed E-state index contributed by atoms with van der Waals surface area (Å²) >= 11 is 0. The minimum absolute atomic E-state index is 0.00769. The molecule has 6 heteroatoms. The lowest BCUT2D eigenvalue weighted by atomic mass is 10.1. The predicted molar refractivity (Wildman–Crippen MR) is 152 cm³/mol. The molecule has 3 aliphatic rings. The molecule has 2 aromatic carbocycles. The topological polar surface area (TPSA) is 60.8 Å². The first-order chi connectivity index (χ1) is 18.1. The van der Waals surface area contributed by atoms with Gasteiger partial charge in [-0.25, -0.2) is 9.98 Å². The Morgan fingerprint density at radius 2 is 1.84 bits per heavy atom. The largest absolute Gasteiger partial charge is 0.357 e. The van der Waals surface area contributed by atoms with Crippen molar-refractivity contribution in [2.75, 3.05) is 34.8 Å². The number of carbonyl (C=O) groups is 1. The number of allylic oxidation sites excluding steroid dienone is 1. The van der Waals surface area contributed by atoms with E-state index in [1.54, 1.807) is 6.20 Å². The van der Waals surface area contributed by atoms with Crippen LogP contribution in [0.2, 0.25) is 0 Å². The van der Waals surface area contributed by atoms with Crippen LogP contribution >= 0.6 is 0 Å². The summed E-state index contributed by atoms with van der Waals surface area (Å²) in [7, 11) is 0. The SMILES string of the molecule is Cc1ccc2/c(c1)=C\N=C(Nc1ccc3c(c1)N(C(=O)c1ccc(N4CCCCC4)nc1)CC3)/C=C/C=2. The molecule has 1 fully saturated rings. The van der Waals surface area contributed by atoms with Crippen molar-refractivity contribution in [1.29, 1.82) is 0 Å². The molecule has 6 nitrogen and oxygen atoms in total. The van der Waals surface area contributed by atoms with Gasteiger partial charge < -0.3 is 15.1 Å². The highest BCUT2D eigenvalue weighted by atomic mass is 16.2. The quantitative estimate of drug-likeness (QED) is 0.600. The van der Waals surface area contributed by atoms with Crippen molar-refractivity contribution in [3.63, 3.8) is 0 Å². The zero-order valence-electron chi connectivity index (χ0n) is 21.2. The van der Waals surface area contributed by atoms with E-state index in [-0.39, 0.29) is 5.91 Å². The van der Waals surface area contributed by atoms with Gasteiger partial charge >= 0.3 is 0 Å². The number of nitrogens with zero attached hydrogens (tertiary/aromatic N) is 4. The number of fused-ring (bicyclic) bond motifs is 2. The molecule has 0 atom stereocenters. The second kappa shape index (κ2) is 10.1. The lowest BCUT2D eigenvalue weighted by Crippen LogP contribution is -2.31. The highest BCUT2D eigenvalue weighted by Crippen LogP contribution is 2.32. The van der Waals surface area contributed by atoms with E-state index in [4.69, 9.17) is 0 Å². The number of hydrogen-bond acceptors (Lipinski definition) is 5. The number of amidine groups is 1. The Kier molecular flexibility index (Phi) is 6.31. The maximum atomic E-state index is 13.4. The average molecular weight is 490 g/mol. The highest BCUT2D eigenvalue weighted by molar-refractivity contribution is 6.09. The zero-order valence-corrected chi connectivity index (χ0v) is 21.2. The molecule has 6 rings (SSSR count). The number of benzene rings is 2. The van der Waals surface area contributed by atoms with E-state index in [0.29, 0.717) is 12.1 Å². The standard InChI is InChI=1S/C31H31N5O/c1-22-8-9-23-6-5-7-29(32-21-26(23)18-22)34-27-12-10-24-14-17-36(28(24)19-27)31(37)25-11-13-30(33-20-25)35-15-3-2-4-16-35/h5-13,18-21H,2-4,14-17H2,1H3,(H,32,34). The van der Waals surface area contributed by atoms with Crippen LogP contribution in [0, 0.1) is 6.92 Å². The highest BCUT2D eigenvalue weighted by Gasteiger charge is 2.26. The fraction of sp³-hybridized carbons (Fsp3) is 0.258. The minimum Gasteiger partial charge on any atom is -0.357 e. The Morgan fingerprint density at radius 1 is 0.946 bits per heavy atom. The second-order valence-electron chi connectivity index (χ2n) is 9.93.